The summed E-state index contributed by atoms with van der Waals surface area (Å²) >= 11 is 7.50. The van der Waals surface area contributed by atoms with E-state index in [1.807, 2.05) is 22.6 Å². The van der Waals surface area contributed by atoms with Crippen molar-refractivity contribution in [3.05, 3.63) is 32.4 Å². The van der Waals surface area contributed by atoms with Crippen LogP contribution in [0.4, 0.5) is 0 Å². The molecule has 0 saturated heterocycles. The predicted octanol–water partition coefficient (Wildman–Crippen LogP) is 2.89. The molecule has 0 unspecified atom stereocenters. The molecule has 1 aromatic rings. The maximum Gasteiger partial charge on any atom is 0.178 e. The van der Waals surface area contributed by atoms with Crippen molar-refractivity contribution in [1.29, 1.82) is 5.26 Å². The number of nitriles is 1. The van der Waals surface area contributed by atoms with Gasteiger partial charge in [-0.3, -0.25) is 4.79 Å². The number of hydrogen-bond donors (Lipinski definition) is 0. The van der Waals surface area contributed by atoms with Crippen LogP contribution in [-0.2, 0) is 0 Å². The van der Waals surface area contributed by atoms with Crippen LogP contribution in [0.25, 0.3) is 0 Å². The van der Waals surface area contributed by atoms with Gasteiger partial charge in [0.05, 0.1) is 17.5 Å². The Morgan fingerprint density at radius 2 is 2.29 bits per heavy atom. The third kappa shape index (κ3) is 2.25. The Morgan fingerprint density at radius 3 is 2.79 bits per heavy atom. The predicted molar refractivity (Wildman–Crippen MR) is 63.7 cm³/mol. The molecule has 0 N–H and O–H groups in total. The van der Waals surface area contributed by atoms with Crippen molar-refractivity contribution in [2.75, 3.05) is 5.88 Å². The third-order valence-corrected chi connectivity index (χ3v) is 2.99. The lowest BCUT2D eigenvalue weighted by molar-refractivity contribution is 0.102. The average Bonchev–Trinajstić information content (AvgIpc) is 2.19. The van der Waals surface area contributed by atoms with Gasteiger partial charge >= 0.3 is 0 Å². The Morgan fingerprint density at radius 1 is 1.64 bits per heavy atom. The molecule has 0 fully saturated rings. The molecule has 0 atom stereocenters. The molecule has 1 aromatic carbocycles. The lowest BCUT2D eigenvalue weighted by Gasteiger charge is -2.04. The summed E-state index contributed by atoms with van der Waals surface area (Å²) in [4.78, 5) is 11.4. The Bertz CT molecular complexity index is 423. The summed E-state index contributed by atoms with van der Waals surface area (Å²) < 4.78 is 0.774. The molecule has 1 rings (SSSR count). The molecule has 72 valence electrons. The van der Waals surface area contributed by atoms with Gasteiger partial charge in [0.2, 0.25) is 0 Å². The van der Waals surface area contributed by atoms with Crippen molar-refractivity contribution in [1.82, 2.24) is 0 Å². The highest BCUT2D eigenvalue weighted by Crippen LogP contribution is 2.18. The molecule has 0 bridgehead atoms. The number of aryl methyl sites for hydroxylation is 1. The summed E-state index contributed by atoms with van der Waals surface area (Å²) in [5.74, 6) is -0.134. The van der Waals surface area contributed by atoms with Crippen LogP contribution in [0.15, 0.2) is 12.1 Å². The average molecular weight is 320 g/mol. The topological polar surface area (TPSA) is 40.9 Å². The molecule has 14 heavy (non-hydrogen) atoms. The van der Waals surface area contributed by atoms with Crippen molar-refractivity contribution < 1.29 is 4.79 Å². The minimum Gasteiger partial charge on any atom is -0.293 e. The summed E-state index contributed by atoms with van der Waals surface area (Å²) in [7, 11) is 0. The van der Waals surface area contributed by atoms with E-state index >= 15 is 0 Å². The van der Waals surface area contributed by atoms with Crippen LogP contribution in [0.2, 0.25) is 0 Å². The van der Waals surface area contributed by atoms with Crippen molar-refractivity contribution in [3.8, 4) is 6.07 Å². The second-order valence-corrected chi connectivity index (χ2v) is 4.25. The number of halogens is 2. The van der Waals surface area contributed by atoms with Gasteiger partial charge in [-0.1, -0.05) is 0 Å². The smallest absolute Gasteiger partial charge is 0.178 e. The lowest BCUT2D eigenvalue weighted by atomic mass is 10.0. The maximum absolute atomic E-state index is 11.4. The second kappa shape index (κ2) is 4.76. The fourth-order valence-electron chi connectivity index (χ4n) is 1.09. The molecule has 0 aliphatic heterocycles. The van der Waals surface area contributed by atoms with Crippen molar-refractivity contribution in [2.24, 2.45) is 0 Å². The largest absolute Gasteiger partial charge is 0.293 e. The number of alkyl halides is 1. The molecule has 0 spiro atoms. The van der Waals surface area contributed by atoms with E-state index in [0.29, 0.717) is 11.1 Å². The highest BCUT2D eigenvalue weighted by molar-refractivity contribution is 14.1. The van der Waals surface area contributed by atoms with Crippen LogP contribution in [0.5, 0.6) is 0 Å². The Kier molecular flexibility index (Phi) is 3.90. The van der Waals surface area contributed by atoms with Gasteiger partial charge in [0.25, 0.3) is 0 Å². The summed E-state index contributed by atoms with van der Waals surface area (Å²) in [5, 5.41) is 8.77. The van der Waals surface area contributed by atoms with E-state index in [-0.39, 0.29) is 11.7 Å². The zero-order chi connectivity index (χ0) is 10.7. The van der Waals surface area contributed by atoms with E-state index in [1.54, 1.807) is 19.1 Å². The van der Waals surface area contributed by atoms with E-state index in [9.17, 15) is 4.79 Å². The van der Waals surface area contributed by atoms with Gasteiger partial charge in [-0.2, -0.15) is 5.26 Å². The first-order chi connectivity index (χ1) is 6.60. The van der Waals surface area contributed by atoms with Gasteiger partial charge in [0.1, 0.15) is 0 Å². The number of carbonyl (C=O) groups excluding carboxylic acids is 1. The highest BCUT2D eigenvalue weighted by atomic mass is 127. The quantitative estimate of drug-likeness (QED) is 0.478. The number of carbonyl (C=O) groups is 1. The number of rotatable bonds is 2. The van der Waals surface area contributed by atoms with E-state index in [0.717, 1.165) is 9.13 Å². The molecule has 0 aliphatic rings. The highest BCUT2D eigenvalue weighted by Gasteiger charge is 2.11. The number of hydrogen-bond acceptors (Lipinski definition) is 2. The van der Waals surface area contributed by atoms with Crippen molar-refractivity contribution in [3.63, 3.8) is 0 Å². The lowest BCUT2D eigenvalue weighted by Crippen LogP contribution is -2.04. The fourth-order valence-corrected chi connectivity index (χ4v) is 2.00. The van der Waals surface area contributed by atoms with E-state index in [1.165, 1.54) is 0 Å². The number of ketones is 1. The number of nitrogens with zero attached hydrogens (tertiary/aromatic N) is 1. The normalized spacial score (nSPS) is 9.57. The summed E-state index contributed by atoms with van der Waals surface area (Å²) in [6.45, 7) is 1.81. The van der Waals surface area contributed by atoms with Gasteiger partial charge in [-0.05, 0) is 47.2 Å². The van der Waals surface area contributed by atoms with Crippen LogP contribution in [0.3, 0.4) is 0 Å². The van der Waals surface area contributed by atoms with E-state index in [2.05, 4.69) is 6.07 Å². The van der Waals surface area contributed by atoms with Crippen LogP contribution >= 0.6 is 34.2 Å². The molecule has 2 nitrogen and oxygen atoms in total. The van der Waals surface area contributed by atoms with Gasteiger partial charge in [0.15, 0.2) is 5.78 Å². The molecule has 0 heterocycles. The van der Waals surface area contributed by atoms with E-state index in [4.69, 9.17) is 16.9 Å². The minimum atomic E-state index is -0.108. The first kappa shape index (κ1) is 11.5. The Balaban J connectivity index is 3.30. The maximum atomic E-state index is 11.4. The second-order valence-electron chi connectivity index (χ2n) is 2.82. The zero-order valence-electron chi connectivity index (χ0n) is 7.47. The van der Waals surface area contributed by atoms with Crippen molar-refractivity contribution in [2.45, 2.75) is 6.92 Å². The first-order valence-electron chi connectivity index (χ1n) is 3.89. The van der Waals surface area contributed by atoms with E-state index < -0.39 is 0 Å². The standard InChI is InChI=1S/C10H7ClINO/c1-6-2-8(10(14)4-11)9(12)3-7(6)5-13/h2-3H,4H2,1H3. The Hall–Kier alpha value is -0.600. The third-order valence-electron chi connectivity index (χ3n) is 1.86. The van der Waals surface area contributed by atoms with Gasteiger partial charge < -0.3 is 0 Å². The van der Waals surface area contributed by atoms with Gasteiger partial charge in [0, 0.05) is 9.13 Å². The van der Waals surface area contributed by atoms with Gasteiger partial charge in [-0.15, -0.1) is 11.6 Å². The van der Waals surface area contributed by atoms with Crippen LogP contribution in [0.1, 0.15) is 21.5 Å². The van der Waals surface area contributed by atoms with Crippen LogP contribution < -0.4 is 0 Å². The molecular weight excluding hydrogens is 312 g/mol. The summed E-state index contributed by atoms with van der Waals surface area (Å²) in [6, 6.07) is 5.49. The van der Waals surface area contributed by atoms with Crippen molar-refractivity contribution >= 4 is 40.0 Å². The molecule has 0 aliphatic carbocycles. The zero-order valence-corrected chi connectivity index (χ0v) is 10.4. The van der Waals surface area contributed by atoms with Crippen LogP contribution in [-0.4, -0.2) is 11.7 Å². The molecule has 0 amide bonds. The summed E-state index contributed by atoms with van der Waals surface area (Å²) in [6.07, 6.45) is 0. The molecule has 0 saturated carbocycles. The first-order valence-corrected chi connectivity index (χ1v) is 5.51. The SMILES string of the molecule is Cc1cc(C(=O)CCl)c(I)cc1C#N. The number of benzene rings is 1. The summed E-state index contributed by atoms with van der Waals surface area (Å²) in [5.41, 5.74) is 2.00. The number of Topliss-reactive ketones (excluding diaryl/α,β-unsaturated/α-hetero) is 1. The monoisotopic (exact) mass is 319 g/mol. The molecular formula is C10H7ClINO. The molecule has 4 heteroatoms. The molecule has 0 radical (unpaired) electrons. The Labute approximate surface area is 101 Å². The minimum absolute atomic E-state index is 0.0264. The van der Waals surface area contributed by atoms with Gasteiger partial charge in [-0.25, -0.2) is 0 Å². The fraction of sp³-hybridized carbons (Fsp3) is 0.200. The molecule has 0 aromatic heterocycles. The van der Waals surface area contributed by atoms with Crippen LogP contribution in [0, 0.1) is 21.8 Å².